The minimum atomic E-state index is -0.380. The summed E-state index contributed by atoms with van der Waals surface area (Å²) < 4.78 is 1.85. The molecule has 8 nitrogen and oxygen atoms in total. The zero-order valence-corrected chi connectivity index (χ0v) is 19.2. The fourth-order valence-corrected chi connectivity index (χ4v) is 4.22. The highest BCUT2D eigenvalue weighted by Gasteiger charge is 2.15. The van der Waals surface area contributed by atoms with E-state index in [1.807, 2.05) is 41.9 Å². The average molecular weight is 453 g/mol. The van der Waals surface area contributed by atoms with Crippen molar-refractivity contribution >= 4 is 27.9 Å². The van der Waals surface area contributed by atoms with Crippen LogP contribution in [0, 0.1) is 17.0 Å². The zero-order chi connectivity index (χ0) is 23.8. The molecule has 0 fully saturated rings. The smallest absolute Gasteiger partial charge is 0.270 e. The summed E-state index contributed by atoms with van der Waals surface area (Å²) in [7, 11) is 0. The Kier molecular flexibility index (Phi) is 5.41. The van der Waals surface area contributed by atoms with Gasteiger partial charge in [0.15, 0.2) is 5.65 Å². The van der Waals surface area contributed by atoms with Crippen LogP contribution in [0.25, 0.3) is 27.7 Å². The lowest BCUT2D eigenvalue weighted by molar-refractivity contribution is -0.384. The van der Waals surface area contributed by atoms with E-state index in [9.17, 15) is 10.1 Å². The summed E-state index contributed by atoms with van der Waals surface area (Å²) in [4.78, 5) is 20.1. The van der Waals surface area contributed by atoms with Gasteiger partial charge in [0, 0.05) is 53.1 Å². The van der Waals surface area contributed by atoms with Crippen LogP contribution in [0.3, 0.4) is 0 Å². The van der Waals surface area contributed by atoms with Crippen molar-refractivity contribution in [2.75, 3.05) is 5.32 Å². The number of hydrogen-bond acceptors (Lipinski definition) is 6. The van der Waals surface area contributed by atoms with Gasteiger partial charge in [0.1, 0.15) is 5.82 Å². The molecule has 0 saturated heterocycles. The summed E-state index contributed by atoms with van der Waals surface area (Å²) in [6.45, 7) is 6.80. The molecule has 0 aliphatic heterocycles. The molecule has 0 aliphatic carbocycles. The van der Waals surface area contributed by atoms with Crippen LogP contribution in [0.1, 0.15) is 36.6 Å². The van der Waals surface area contributed by atoms with Crippen LogP contribution < -0.4 is 5.32 Å². The molecule has 170 valence electrons. The van der Waals surface area contributed by atoms with Gasteiger partial charge >= 0.3 is 0 Å². The molecule has 5 aromatic rings. The monoisotopic (exact) mass is 452 g/mol. The van der Waals surface area contributed by atoms with Crippen LogP contribution in [-0.4, -0.2) is 24.5 Å². The molecule has 5 rings (SSSR count). The average Bonchev–Trinajstić information content (AvgIpc) is 3.26. The number of fused-ring (bicyclic) bond motifs is 2. The maximum atomic E-state index is 11.2. The third-order valence-corrected chi connectivity index (χ3v) is 5.94. The largest absolute Gasteiger partial charge is 0.366 e. The van der Waals surface area contributed by atoms with E-state index >= 15 is 0 Å². The van der Waals surface area contributed by atoms with Gasteiger partial charge in [-0.05, 0) is 35.9 Å². The maximum absolute atomic E-state index is 11.2. The number of nitro benzene ring substituents is 1. The van der Waals surface area contributed by atoms with Gasteiger partial charge in [-0.25, -0.2) is 4.98 Å². The molecule has 0 spiro atoms. The normalized spacial score (nSPS) is 11.4. The SMILES string of the molecule is Cc1cc(NCc2ccccc2-c2nccc3cc([N+](=O)[O-])ccc23)n2ncc(C(C)C)c2n1. The van der Waals surface area contributed by atoms with Crippen LogP contribution in [0.4, 0.5) is 11.5 Å². The number of anilines is 1. The number of nitrogens with one attached hydrogen (secondary N) is 1. The van der Waals surface area contributed by atoms with Crippen LogP contribution in [0.5, 0.6) is 0 Å². The fraction of sp³-hybridized carbons (Fsp3) is 0.192. The number of non-ortho nitro benzene ring substituents is 1. The van der Waals surface area contributed by atoms with Crippen molar-refractivity contribution in [1.82, 2.24) is 19.6 Å². The third kappa shape index (κ3) is 3.83. The van der Waals surface area contributed by atoms with Gasteiger partial charge in [0.05, 0.1) is 16.8 Å². The van der Waals surface area contributed by atoms with E-state index in [-0.39, 0.29) is 10.6 Å². The topological polar surface area (TPSA) is 98.2 Å². The predicted molar refractivity (Wildman–Crippen MR) is 133 cm³/mol. The Balaban J connectivity index is 1.53. The van der Waals surface area contributed by atoms with Crippen LogP contribution >= 0.6 is 0 Å². The van der Waals surface area contributed by atoms with Crippen molar-refractivity contribution in [1.29, 1.82) is 0 Å². The second kappa shape index (κ2) is 8.55. The Morgan fingerprint density at radius 2 is 1.94 bits per heavy atom. The van der Waals surface area contributed by atoms with Gasteiger partial charge in [-0.15, -0.1) is 0 Å². The van der Waals surface area contributed by atoms with E-state index in [4.69, 9.17) is 4.98 Å². The minimum absolute atomic E-state index is 0.0664. The number of aryl methyl sites for hydroxylation is 1. The highest BCUT2D eigenvalue weighted by atomic mass is 16.6. The standard InChI is InChI=1S/C26H24N6O2/c1-16(2)23-15-29-31-24(12-17(3)30-26(23)31)28-14-19-6-4-5-7-21(19)25-22-9-8-20(32(33)34)13-18(22)10-11-27-25/h4-13,15-16,28H,14H2,1-3H3. The van der Waals surface area contributed by atoms with E-state index in [0.717, 1.165) is 50.3 Å². The van der Waals surface area contributed by atoms with Crippen LogP contribution in [0.15, 0.2) is 67.0 Å². The van der Waals surface area contributed by atoms with Crippen molar-refractivity contribution < 1.29 is 4.92 Å². The maximum Gasteiger partial charge on any atom is 0.270 e. The summed E-state index contributed by atoms with van der Waals surface area (Å²) in [6.07, 6.45) is 3.57. The van der Waals surface area contributed by atoms with Gasteiger partial charge in [0.25, 0.3) is 5.69 Å². The number of rotatable bonds is 6. The number of nitro groups is 1. The lowest BCUT2D eigenvalue weighted by atomic mass is 9.99. The molecular formula is C26H24N6O2. The summed E-state index contributed by atoms with van der Waals surface area (Å²) in [5.41, 5.74) is 5.78. The second-order valence-electron chi connectivity index (χ2n) is 8.61. The molecule has 34 heavy (non-hydrogen) atoms. The Hall–Kier alpha value is -4.33. The summed E-state index contributed by atoms with van der Waals surface area (Å²) in [6, 6.07) is 16.7. The molecule has 3 aromatic heterocycles. The highest BCUT2D eigenvalue weighted by molar-refractivity contribution is 5.96. The number of benzene rings is 2. The lowest BCUT2D eigenvalue weighted by Gasteiger charge is -2.14. The van der Waals surface area contributed by atoms with E-state index in [2.05, 4.69) is 35.3 Å². The molecule has 0 amide bonds. The Morgan fingerprint density at radius 3 is 2.74 bits per heavy atom. The first-order chi connectivity index (χ1) is 16.4. The number of pyridine rings is 1. The molecular weight excluding hydrogens is 428 g/mol. The minimum Gasteiger partial charge on any atom is -0.366 e. The lowest BCUT2D eigenvalue weighted by Crippen LogP contribution is -2.08. The van der Waals surface area contributed by atoms with E-state index in [1.54, 1.807) is 24.4 Å². The first-order valence-corrected chi connectivity index (χ1v) is 11.1. The second-order valence-corrected chi connectivity index (χ2v) is 8.61. The summed E-state index contributed by atoms with van der Waals surface area (Å²) in [5, 5.41) is 20.9. The first-order valence-electron chi connectivity index (χ1n) is 11.1. The number of nitrogens with zero attached hydrogens (tertiary/aromatic N) is 5. The van der Waals surface area contributed by atoms with Crippen molar-refractivity contribution in [2.24, 2.45) is 0 Å². The molecule has 0 atom stereocenters. The van der Waals surface area contributed by atoms with Crippen molar-refractivity contribution in [2.45, 2.75) is 33.2 Å². The van der Waals surface area contributed by atoms with Gasteiger partial charge < -0.3 is 5.32 Å². The summed E-state index contributed by atoms with van der Waals surface area (Å²) >= 11 is 0. The molecule has 2 aromatic carbocycles. The van der Waals surface area contributed by atoms with E-state index < -0.39 is 0 Å². The predicted octanol–water partition coefficient (Wildman–Crippen LogP) is 5.90. The number of aromatic nitrogens is 4. The molecule has 0 saturated carbocycles. The van der Waals surface area contributed by atoms with E-state index in [0.29, 0.717) is 12.5 Å². The van der Waals surface area contributed by atoms with Crippen LogP contribution in [-0.2, 0) is 6.54 Å². The highest BCUT2D eigenvalue weighted by Crippen LogP contribution is 2.31. The van der Waals surface area contributed by atoms with Crippen molar-refractivity contribution in [3.05, 3.63) is 93.9 Å². The fourth-order valence-electron chi connectivity index (χ4n) is 4.22. The molecule has 0 radical (unpaired) electrons. The van der Waals surface area contributed by atoms with Gasteiger partial charge in [0.2, 0.25) is 0 Å². The van der Waals surface area contributed by atoms with Gasteiger partial charge in [-0.2, -0.15) is 9.61 Å². The molecule has 0 bridgehead atoms. The van der Waals surface area contributed by atoms with Crippen molar-refractivity contribution in [3.63, 3.8) is 0 Å². The summed E-state index contributed by atoms with van der Waals surface area (Å²) in [5.74, 6) is 1.19. The van der Waals surface area contributed by atoms with Gasteiger partial charge in [-0.3, -0.25) is 15.1 Å². The van der Waals surface area contributed by atoms with Crippen molar-refractivity contribution in [3.8, 4) is 11.3 Å². The van der Waals surface area contributed by atoms with Crippen LogP contribution in [0.2, 0.25) is 0 Å². The van der Waals surface area contributed by atoms with Gasteiger partial charge in [-0.1, -0.05) is 38.1 Å². The quantitative estimate of drug-likeness (QED) is 0.254. The molecule has 8 heteroatoms. The first kappa shape index (κ1) is 21.5. The molecule has 0 aliphatic rings. The van der Waals surface area contributed by atoms with E-state index in [1.165, 1.54) is 6.07 Å². The zero-order valence-electron chi connectivity index (χ0n) is 19.2. The molecule has 1 N–H and O–H groups in total. The molecule has 0 unspecified atom stereocenters. The number of hydrogen-bond donors (Lipinski definition) is 1. The Morgan fingerprint density at radius 1 is 1.12 bits per heavy atom. The molecule has 3 heterocycles. The third-order valence-electron chi connectivity index (χ3n) is 5.94. The Labute approximate surface area is 196 Å². The Bertz CT molecular complexity index is 1540.